The zero-order valence-corrected chi connectivity index (χ0v) is 12.4. The number of benzene rings is 2. The third-order valence-electron chi connectivity index (χ3n) is 2.90. The molecule has 19 heavy (non-hydrogen) atoms. The molecule has 0 saturated heterocycles. The fraction of sp³-hybridized carbons (Fsp3) is 0.133. The Hall–Kier alpha value is -1.32. The van der Waals surface area contributed by atoms with Crippen LogP contribution in [0.15, 0.2) is 53.0 Å². The van der Waals surface area contributed by atoms with Gasteiger partial charge in [-0.3, -0.25) is 4.79 Å². The van der Waals surface area contributed by atoms with Crippen LogP contribution in [0.3, 0.4) is 0 Å². The number of rotatable bonds is 4. The zero-order valence-electron chi connectivity index (χ0n) is 10.0. The van der Waals surface area contributed by atoms with E-state index in [1.54, 1.807) is 24.3 Å². The van der Waals surface area contributed by atoms with Gasteiger partial charge in [-0.05, 0) is 41.8 Å². The maximum absolute atomic E-state index is 11.4. The summed E-state index contributed by atoms with van der Waals surface area (Å²) < 4.78 is 0.978. The van der Waals surface area contributed by atoms with E-state index in [0.29, 0.717) is 11.4 Å². The second kappa shape index (κ2) is 6.22. The molecule has 1 atom stereocenters. The number of carboxylic acids is 1. The van der Waals surface area contributed by atoms with Gasteiger partial charge in [0.25, 0.3) is 0 Å². The van der Waals surface area contributed by atoms with E-state index in [1.165, 1.54) is 0 Å². The second-order valence-corrected chi connectivity index (χ2v) is 5.63. The molecule has 0 amide bonds. The molecule has 1 N–H and O–H groups in total. The van der Waals surface area contributed by atoms with Crippen molar-refractivity contribution in [1.82, 2.24) is 0 Å². The highest BCUT2D eigenvalue weighted by molar-refractivity contribution is 9.10. The Labute approximate surface area is 125 Å². The number of hydrogen-bond acceptors (Lipinski definition) is 1. The lowest BCUT2D eigenvalue weighted by Gasteiger charge is -2.13. The fourth-order valence-corrected chi connectivity index (χ4v) is 2.39. The molecular formula is C15H12BrClO2. The average molecular weight is 340 g/mol. The smallest absolute Gasteiger partial charge is 0.311 e. The molecule has 2 rings (SSSR count). The Morgan fingerprint density at radius 2 is 1.89 bits per heavy atom. The molecule has 0 saturated carbocycles. The van der Waals surface area contributed by atoms with Gasteiger partial charge in [-0.2, -0.15) is 0 Å². The zero-order chi connectivity index (χ0) is 13.8. The highest BCUT2D eigenvalue weighted by Crippen LogP contribution is 2.24. The topological polar surface area (TPSA) is 37.3 Å². The largest absolute Gasteiger partial charge is 0.481 e. The fourth-order valence-electron chi connectivity index (χ4n) is 1.93. The van der Waals surface area contributed by atoms with Crippen molar-refractivity contribution < 1.29 is 9.90 Å². The van der Waals surface area contributed by atoms with Crippen LogP contribution in [0, 0.1) is 0 Å². The Bertz CT molecular complexity index is 581. The number of hydrogen-bond donors (Lipinski definition) is 1. The third kappa shape index (κ3) is 3.82. The van der Waals surface area contributed by atoms with Crippen molar-refractivity contribution in [3.63, 3.8) is 0 Å². The predicted octanol–water partition coefficient (Wildman–Crippen LogP) is 4.51. The molecular weight excluding hydrogens is 328 g/mol. The highest BCUT2D eigenvalue weighted by atomic mass is 79.9. The average Bonchev–Trinajstić information content (AvgIpc) is 2.37. The van der Waals surface area contributed by atoms with Gasteiger partial charge in [0.1, 0.15) is 0 Å². The van der Waals surface area contributed by atoms with E-state index in [2.05, 4.69) is 15.9 Å². The maximum atomic E-state index is 11.4. The van der Waals surface area contributed by atoms with Crippen LogP contribution >= 0.6 is 27.5 Å². The molecule has 0 heterocycles. The van der Waals surface area contributed by atoms with Crippen LogP contribution in [0.2, 0.25) is 5.02 Å². The first-order valence-electron chi connectivity index (χ1n) is 5.79. The van der Waals surface area contributed by atoms with Crippen molar-refractivity contribution >= 4 is 33.5 Å². The molecule has 0 spiro atoms. The molecule has 0 aliphatic rings. The minimum Gasteiger partial charge on any atom is -0.481 e. The SMILES string of the molecule is O=C(O)C(Cc1ccc(Br)cc1)c1cccc(Cl)c1. The first kappa shape index (κ1) is 14.1. The summed E-state index contributed by atoms with van der Waals surface area (Å²) in [6.45, 7) is 0. The van der Waals surface area contributed by atoms with Gasteiger partial charge < -0.3 is 5.11 Å². The molecule has 0 aliphatic heterocycles. The van der Waals surface area contributed by atoms with Gasteiger partial charge in [-0.15, -0.1) is 0 Å². The van der Waals surface area contributed by atoms with Gasteiger partial charge in [0.05, 0.1) is 5.92 Å². The normalized spacial score (nSPS) is 12.1. The van der Waals surface area contributed by atoms with Gasteiger partial charge in [-0.1, -0.05) is 51.8 Å². The van der Waals surface area contributed by atoms with Crippen molar-refractivity contribution in [2.45, 2.75) is 12.3 Å². The molecule has 0 aromatic heterocycles. The molecule has 4 heteroatoms. The molecule has 0 aliphatic carbocycles. The number of halogens is 2. The highest BCUT2D eigenvalue weighted by Gasteiger charge is 2.20. The molecule has 0 bridgehead atoms. The summed E-state index contributed by atoms with van der Waals surface area (Å²) in [6.07, 6.45) is 0.447. The monoisotopic (exact) mass is 338 g/mol. The molecule has 1 unspecified atom stereocenters. The molecule has 2 aromatic carbocycles. The van der Waals surface area contributed by atoms with Crippen molar-refractivity contribution in [3.05, 3.63) is 69.2 Å². The van der Waals surface area contributed by atoms with Crippen LogP contribution in [0.25, 0.3) is 0 Å². The van der Waals surface area contributed by atoms with E-state index >= 15 is 0 Å². The van der Waals surface area contributed by atoms with Crippen molar-refractivity contribution in [1.29, 1.82) is 0 Å². The molecule has 2 aromatic rings. The maximum Gasteiger partial charge on any atom is 0.311 e. The summed E-state index contributed by atoms with van der Waals surface area (Å²) in [7, 11) is 0. The summed E-state index contributed by atoms with van der Waals surface area (Å²) >= 11 is 9.28. The lowest BCUT2D eigenvalue weighted by molar-refractivity contribution is -0.138. The Balaban J connectivity index is 2.26. The summed E-state index contributed by atoms with van der Waals surface area (Å²) in [5.74, 6) is -1.43. The van der Waals surface area contributed by atoms with E-state index in [9.17, 15) is 9.90 Å². The van der Waals surface area contributed by atoms with Gasteiger partial charge in [-0.25, -0.2) is 0 Å². The summed E-state index contributed by atoms with van der Waals surface area (Å²) in [4.78, 5) is 11.4. The molecule has 0 radical (unpaired) electrons. The van der Waals surface area contributed by atoms with Gasteiger partial charge in [0.15, 0.2) is 0 Å². The number of carboxylic acid groups (broad SMARTS) is 1. The lowest BCUT2D eigenvalue weighted by Crippen LogP contribution is -2.14. The van der Waals surface area contributed by atoms with Crippen LogP contribution in [0.1, 0.15) is 17.0 Å². The minimum atomic E-state index is -0.842. The van der Waals surface area contributed by atoms with Crippen molar-refractivity contribution in [2.24, 2.45) is 0 Å². The Kier molecular flexibility index (Phi) is 4.61. The van der Waals surface area contributed by atoms with E-state index in [0.717, 1.165) is 15.6 Å². The Morgan fingerprint density at radius 1 is 1.21 bits per heavy atom. The number of aliphatic carboxylic acids is 1. The van der Waals surface area contributed by atoms with Gasteiger partial charge in [0, 0.05) is 9.50 Å². The summed E-state index contributed by atoms with van der Waals surface area (Å²) in [6, 6.07) is 14.7. The van der Waals surface area contributed by atoms with Crippen LogP contribution < -0.4 is 0 Å². The van der Waals surface area contributed by atoms with Gasteiger partial charge >= 0.3 is 5.97 Å². The van der Waals surface area contributed by atoms with E-state index in [1.807, 2.05) is 24.3 Å². The molecule has 0 fully saturated rings. The Morgan fingerprint density at radius 3 is 2.47 bits per heavy atom. The summed E-state index contributed by atoms with van der Waals surface area (Å²) in [5, 5.41) is 9.94. The van der Waals surface area contributed by atoms with E-state index in [4.69, 9.17) is 11.6 Å². The summed E-state index contributed by atoms with van der Waals surface area (Å²) in [5.41, 5.74) is 1.71. The van der Waals surface area contributed by atoms with Crippen molar-refractivity contribution in [2.75, 3.05) is 0 Å². The first-order valence-corrected chi connectivity index (χ1v) is 6.96. The van der Waals surface area contributed by atoms with Crippen LogP contribution in [-0.4, -0.2) is 11.1 Å². The van der Waals surface area contributed by atoms with E-state index < -0.39 is 11.9 Å². The molecule has 2 nitrogen and oxygen atoms in total. The van der Waals surface area contributed by atoms with Crippen LogP contribution in [0.5, 0.6) is 0 Å². The third-order valence-corrected chi connectivity index (χ3v) is 3.67. The molecule has 98 valence electrons. The first-order chi connectivity index (χ1) is 9.06. The van der Waals surface area contributed by atoms with Crippen molar-refractivity contribution in [3.8, 4) is 0 Å². The second-order valence-electron chi connectivity index (χ2n) is 4.28. The van der Waals surface area contributed by atoms with Crippen LogP contribution in [0.4, 0.5) is 0 Å². The van der Waals surface area contributed by atoms with Gasteiger partial charge in [0.2, 0.25) is 0 Å². The predicted molar refractivity (Wildman–Crippen MR) is 79.7 cm³/mol. The lowest BCUT2D eigenvalue weighted by atomic mass is 9.92. The minimum absolute atomic E-state index is 0.447. The number of carbonyl (C=O) groups is 1. The standard InChI is InChI=1S/C15H12BrClO2/c16-12-6-4-10(5-7-12)8-14(15(18)19)11-2-1-3-13(17)9-11/h1-7,9,14H,8H2,(H,18,19). The van der Waals surface area contributed by atoms with Crippen LogP contribution in [-0.2, 0) is 11.2 Å². The quantitative estimate of drug-likeness (QED) is 0.889. The van der Waals surface area contributed by atoms with E-state index in [-0.39, 0.29) is 0 Å².